The minimum absolute atomic E-state index is 0.574. The van der Waals surface area contributed by atoms with Crippen LogP contribution in [0.25, 0.3) is 0 Å². The lowest BCUT2D eigenvalue weighted by atomic mass is 10.3. The van der Waals surface area contributed by atoms with Crippen molar-refractivity contribution in [1.29, 1.82) is 0 Å². The Balaban J connectivity index is 2.19. The number of hydrogen-bond acceptors (Lipinski definition) is 4. The SMILES string of the molecule is C=CCNc1cc(C)nc(Nc2cccc(Br)c2)n1. The Kier molecular flexibility index (Phi) is 4.52. The summed E-state index contributed by atoms with van der Waals surface area (Å²) in [6.45, 7) is 6.28. The lowest BCUT2D eigenvalue weighted by Crippen LogP contribution is -2.05. The molecular formula is C14H15BrN4. The van der Waals surface area contributed by atoms with Crippen LogP contribution in [0, 0.1) is 6.92 Å². The van der Waals surface area contributed by atoms with Crippen molar-refractivity contribution in [1.82, 2.24) is 9.97 Å². The van der Waals surface area contributed by atoms with E-state index in [1.54, 1.807) is 6.08 Å². The Labute approximate surface area is 121 Å². The number of hydrogen-bond donors (Lipinski definition) is 2. The molecule has 5 heteroatoms. The standard InChI is InChI=1S/C14H15BrN4/c1-3-7-16-13-8-10(2)17-14(19-13)18-12-6-4-5-11(15)9-12/h3-6,8-9H,1,7H2,2H3,(H2,16,17,18,19). The van der Waals surface area contributed by atoms with Gasteiger partial charge in [-0.25, -0.2) is 4.98 Å². The normalized spacial score (nSPS) is 10.0. The van der Waals surface area contributed by atoms with Crippen LogP contribution in [0.4, 0.5) is 17.5 Å². The van der Waals surface area contributed by atoms with Crippen molar-refractivity contribution in [3.63, 3.8) is 0 Å². The summed E-state index contributed by atoms with van der Waals surface area (Å²) in [4.78, 5) is 8.76. The number of aryl methyl sites for hydroxylation is 1. The molecule has 0 aliphatic carbocycles. The zero-order valence-corrected chi connectivity index (χ0v) is 12.2. The van der Waals surface area contributed by atoms with Crippen molar-refractivity contribution in [3.05, 3.63) is 53.2 Å². The minimum atomic E-state index is 0.574. The molecule has 1 aromatic heterocycles. The fourth-order valence-corrected chi connectivity index (χ4v) is 1.99. The van der Waals surface area contributed by atoms with Crippen molar-refractivity contribution in [2.24, 2.45) is 0 Å². The summed E-state index contributed by atoms with van der Waals surface area (Å²) in [7, 11) is 0. The maximum absolute atomic E-state index is 4.40. The molecule has 0 amide bonds. The van der Waals surface area contributed by atoms with Gasteiger partial charge in [0, 0.05) is 28.5 Å². The van der Waals surface area contributed by atoms with Gasteiger partial charge in [0.15, 0.2) is 0 Å². The molecule has 0 fully saturated rings. The van der Waals surface area contributed by atoms with E-state index in [2.05, 4.69) is 43.1 Å². The summed E-state index contributed by atoms with van der Waals surface area (Å²) >= 11 is 3.43. The highest BCUT2D eigenvalue weighted by atomic mass is 79.9. The molecule has 2 aromatic rings. The monoisotopic (exact) mass is 318 g/mol. The number of nitrogens with one attached hydrogen (secondary N) is 2. The summed E-state index contributed by atoms with van der Waals surface area (Å²) in [5.41, 5.74) is 1.84. The van der Waals surface area contributed by atoms with Crippen LogP contribution in [0.1, 0.15) is 5.69 Å². The Bertz CT molecular complexity index is 583. The molecule has 0 saturated carbocycles. The lowest BCUT2D eigenvalue weighted by Gasteiger charge is -2.09. The third kappa shape index (κ3) is 4.06. The zero-order valence-electron chi connectivity index (χ0n) is 10.7. The fourth-order valence-electron chi connectivity index (χ4n) is 1.59. The largest absolute Gasteiger partial charge is 0.366 e. The third-order valence-electron chi connectivity index (χ3n) is 2.36. The molecule has 1 aromatic carbocycles. The molecule has 0 spiro atoms. The van der Waals surface area contributed by atoms with Gasteiger partial charge < -0.3 is 10.6 Å². The second kappa shape index (κ2) is 6.33. The van der Waals surface area contributed by atoms with Gasteiger partial charge in [-0.05, 0) is 25.1 Å². The molecule has 0 atom stereocenters. The topological polar surface area (TPSA) is 49.8 Å². The number of nitrogens with zero attached hydrogens (tertiary/aromatic N) is 2. The minimum Gasteiger partial charge on any atom is -0.366 e. The number of aromatic nitrogens is 2. The summed E-state index contributed by atoms with van der Waals surface area (Å²) in [5, 5.41) is 6.34. The van der Waals surface area contributed by atoms with Gasteiger partial charge in [0.2, 0.25) is 5.95 Å². The van der Waals surface area contributed by atoms with E-state index in [1.165, 1.54) is 0 Å². The van der Waals surface area contributed by atoms with Gasteiger partial charge in [0.1, 0.15) is 5.82 Å². The van der Waals surface area contributed by atoms with E-state index >= 15 is 0 Å². The Morgan fingerprint density at radius 2 is 2.16 bits per heavy atom. The predicted molar refractivity (Wildman–Crippen MR) is 82.9 cm³/mol. The third-order valence-corrected chi connectivity index (χ3v) is 2.86. The molecule has 4 nitrogen and oxygen atoms in total. The summed E-state index contributed by atoms with van der Waals surface area (Å²) in [6.07, 6.45) is 1.79. The number of anilines is 3. The quantitative estimate of drug-likeness (QED) is 0.821. The van der Waals surface area contributed by atoms with Crippen molar-refractivity contribution < 1.29 is 0 Å². The smallest absolute Gasteiger partial charge is 0.229 e. The average Bonchev–Trinajstić information content (AvgIpc) is 2.35. The molecule has 0 saturated heterocycles. The first kappa shape index (κ1) is 13.5. The summed E-state index contributed by atoms with van der Waals surface area (Å²) in [6, 6.07) is 9.77. The molecular weight excluding hydrogens is 304 g/mol. The summed E-state index contributed by atoms with van der Waals surface area (Å²) in [5.74, 6) is 1.36. The highest BCUT2D eigenvalue weighted by molar-refractivity contribution is 9.10. The average molecular weight is 319 g/mol. The number of halogens is 1. The van der Waals surface area contributed by atoms with Crippen LogP contribution in [0.3, 0.4) is 0 Å². The van der Waals surface area contributed by atoms with E-state index in [9.17, 15) is 0 Å². The van der Waals surface area contributed by atoms with E-state index < -0.39 is 0 Å². The Hall–Kier alpha value is -1.88. The van der Waals surface area contributed by atoms with Crippen LogP contribution in [-0.4, -0.2) is 16.5 Å². The van der Waals surface area contributed by atoms with Crippen LogP contribution < -0.4 is 10.6 Å². The maximum Gasteiger partial charge on any atom is 0.229 e. The van der Waals surface area contributed by atoms with E-state index in [0.29, 0.717) is 12.5 Å². The van der Waals surface area contributed by atoms with E-state index in [-0.39, 0.29) is 0 Å². The first-order valence-electron chi connectivity index (χ1n) is 5.90. The van der Waals surface area contributed by atoms with Gasteiger partial charge in [0.05, 0.1) is 0 Å². The van der Waals surface area contributed by atoms with Gasteiger partial charge in [-0.3, -0.25) is 0 Å². The van der Waals surface area contributed by atoms with Gasteiger partial charge in [-0.1, -0.05) is 28.1 Å². The van der Waals surface area contributed by atoms with Crippen LogP contribution in [0.5, 0.6) is 0 Å². The molecule has 19 heavy (non-hydrogen) atoms. The molecule has 2 rings (SSSR count). The second-order valence-corrected chi connectivity index (χ2v) is 4.94. The molecule has 0 radical (unpaired) electrons. The first-order chi connectivity index (χ1) is 9.17. The predicted octanol–water partition coefficient (Wildman–Crippen LogP) is 3.89. The van der Waals surface area contributed by atoms with Crippen molar-refractivity contribution in [2.75, 3.05) is 17.2 Å². The highest BCUT2D eigenvalue weighted by Crippen LogP contribution is 2.19. The van der Waals surface area contributed by atoms with Crippen LogP contribution in [0.15, 0.2) is 47.5 Å². The van der Waals surface area contributed by atoms with Gasteiger partial charge in [-0.15, -0.1) is 6.58 Å². The van der Waals surface area contributed by atoms with Crippen molar-refractivity contribution in [3.8, 4) is 0 Å². The highest BCUT2D eigenvalue weighted by Gasteiger charge is 2.02. The van der Waals surface area contributed by atoms with Crippen LogP contribution in [-0.2, 0) is 0 Å². The van der Waals surface area contributed by atoms with Crippen molar-refractivity contribution in [2.45, 2.75) is 6.92 Å². The Morgan fingerprint density at radius 1 is 1.32 bits per heavy atom. The van der Waals surface area contributed by atoms with E-state index in [0.717, 1.165) is 21.7 Å². The van der Waals surface area contributed by atoms with Crippen molar-refractivity contribution >= 4 is 33.4 Å². The van der Waals surface area contributed by atoms with Gasteiger partial charge in [0.25, 0.3) is 0 Å². The number of benzene rings is 1. The zero-order chi connectivity index (χ0) is 13.7. The number of rotatable bonds is 5. The first-order valence-corrected chi connectivity index (χ1v) is 6.70. The second-order valence-electron chi connectivity index (χ2n) is 4.02. The van der Waals surface area contributed by atoms with E-state index in [1.807, 2.05) is 37.3 Å². The Morgan fingerprint density at radius 3 is 2.89 bits per heavy atom. The molecule has 0 bridgehead atoms. The van der Waals surface area contributed by atoms with Crippen LogP contribution >= 0.6 is 15.9 Å². The molecule has 2 N–H and O–H groups in total. The van der Waals surface area contributed by atoms with E-state index in [4.69, 9.17) is 0 Å². The van der Waals surface area contributed by atoms with Gasteiger partial charge >= 0.3 is 0 Å². The molecule has 98 valence electrons. The molecule has 0 aliphatic rings. The lowest BCUT2D eigenvalue weighted by molar-refractivity contribution is 1.09. The fraction of sp³-hybridized carbons (Fsp3) is 0.143. The van der Waals surface area contributed by atoms with Gasteiger partial charge in [-0.2, -0.15) is 4.98 Å². The molecule has 0 unspecified atom stereocenters. The molecule has 1 heterocycles. The maximum atomic E-state index is 4.40. The molecule has 0 aliphatic heterocycles. The summed E-state index contributed by atoms with van der Waals surface area (Å²) < 4.78 is 1.01. The van der Waals surface area contributed by atoms with Crippen LogP contribution in [0.2, 0.25) is 0 Å².